The lowest BCUT2D eigenvalue weighted by atomic mass is 9.88. The van der Waals surface area contributed by atoms with Crippen molar-refractivity contribution in [1.29, 1.82) is 0 Å². The Bertz CT molecular complexity index is 559. The van der Waals surface area contributed by atoms with Gasteiger partial charge in [0.15, 0.2) is 5.76 Å². The van der Waals surface area contributed by atoms with Crippen molar-refractivity contribution >= 4 is 32.8 Å². The number of rotatable bonds is 2. The molecule has 2 rings (SSSR count). The maximum absolute atomic E-state index is 11.1. The van der Waals surface area contributed by atoms with Gasteiger partial charge < -0.3 is 9.63 Å². The molecule has 0 saturated heterocycles. The van der Waals surface area contributed by atoms with E-state index in [0.717, 1.165) is 9.86 Å². The number of fused-ring (bicyclic) bond motifs is 1. The monoisotopic (exact) mass is 283 g/mol. The summed E-state index contributed by atoms with van der Waals surface area (Å²) in [6.45, 7) is 3.19. The lowest BCUT2D eigenvalue weighted by molar-refractivity contribution is -0.143. The lowest BCUT2D eigenvalue weighted by Crippen LogP contribution is -2.28. The highest BCUT2D eigenvalue weighted by Crippen LogP contribution is 2.33. The van der Waals surface area contributed by atoms with E-state index in [-0.39, 0.29) is 0 Å². The predicted molar refractivity (Wildman–Crippen MR) is 62.4 cm³/mol. The van der Waals surface area contributed by atoms with Crippen LogP contribution in [0.25, 0.3) is 10.9 Å². The molecule has 0 aliphatic rings. The van der Waals surface area contributed by atoms with Crippen LogP contribution >= 0.6 is 15.9 Å². The van der Waals surface area contributed by atoms with Crippen molar-refractivity contribution in [3.8, 4) is 0 Å². The SMILES string of the molecule is CC(C)(C(=O)O)c1onc2c(Br)cccc12. The molecule has 1 aromatic heterocycles. The molecule has 5 heteroatoms. The average molecular weight is 284 g/mol. The van der Waals surface area contributed by atoms with Crippen molar-refractivity contribution in [2.75, 3.05) is 0 Å². The molecule has 0 amide bonds. The average Bonchev–Trinajstić information content (AvgIpc) is 2.63. The summed E-state index contributed by atoms with van der Waals surface area (Å²) in [5, 5.41) is 13.7. The Balaban J connectivity index is 2.72. The topological polar surface area (TPSA) is 63.3 Å². The number of hydrogen-bond acceptors (Lipinski definition) is 3. The Kier molecular flexibility index (Phi) is 2.50. The van der Waals surface area contributed by atoms with Gasteiger partial charge in [-0.2, -0.15) is 0 Å². The number of aliphatic carboxylic acids is 1. The molecule has 0 bridgehead atoms. The van der Waals surface area contributed by atoms with E-state index in [4.69, 9.17) is 9.63 Å². The van der Waals surface area contributed by atoms with Gasteiger partial charge in [0.2, 0.25) is 0 Å². The maximum Gasteiger partial charge on any atom is 0.316 e. The van der Waals surface area contributed by atoms with Crippen LogP contribution in [0, 0.1) is 0 Å². The van der Waals surface area contributed by atoms with Crippen molar-refractivity contribution < 1.29 is 14.4 Å². The molecule has 0 radical (unpaired) electrons. The molecular weight excluding hydrogens is 274 g/mol. The highest BCUT2D eigenvalue weighted by molar-refractivity contribution is 9.10. The molecule has 0 spiro atoms. The molecule has 0 aliphatic carbocycles. The van der Waals surface area contributed by atoms with E-state index in [2.05, 4.69) is 21.1 Å². The fourth-order valence-corrected chi connectivity index (χ4v) is 1.92. The summed E-state index contributed by atoms with van der Waals surface area (Å²) >= 11 is 3.34. The molecule has 1 N–H and O–H groups in total. The molecule has 1 aromatic carbocycles. The molecule has 4 nitrogen and oxygen atoms in total. The molecular formula is C11H10BrNO3. The second-order valence-corrected chi connectivity index (χ2v) is 4.93. The molecule has 84 valence electrons. The van der Waals surface area contributed by atoms with Crippen LogP contribution in [0.1, 0.15) is 19.6 Å². The van der Waals surface area contributed by atoms with Crippen LogP contribution in [0.4, 0.5) is 0 Å². The summed E-state index contributed by atoms with van der Waals surface area (Å²) in [6.07, 6.45) is 0. The molecule has 16 heavy (non-hydrogen) atoms. The zero-order valence-electron chi connectivity index (χ0n) is 8.82. The van der Waals surface area contributed by atoms with Gasteiger partial charge in [-0.1, -0.05) is 11.2 Å². The molecule has 0 saturated carbocycles. The zero-order chi connectivity index (χ0) is 11.9. The third-order valence-electron chi connectivity index (χ3n) is 2.56. The largest absolute Gasteiger partial charge is 0.481 e. The van der Waals surface area contributed by atoms with Crippen LogP contribution in [0.15, 0.2) is 27.2 Å². The van der Waals surface area contributed by atoms with Crippen LogP contribution < -0.4 is 0 Å². The van der Waals surface area contributed by atoms with Gasteiger partial charge in [-0.25, -0.2) is 0 Å². The first-order chi connectivity index (χ1) is 7.44. The number of carbonyl (C=O) groups is 1. The number of benzene rings is 1. The molecule has 0 fully saturated rings. The van der Waals surface area contributed by atoms with Gasteiger partial charge in [0.05, 0.1) is 0 Å². The van der Waals surface area contributed by atoms with Gasteiger partial charge in [-0.05, 0) is 41.9 Å². The van der Waals surface area contributed by atoms with E-state index in [9.17, 15) is 4.79 Å². The van der Waals surface area contributed by atoms with Gasteiger partial charge in [-0.3, -0.25) is 4.79 Å². The second kappa shape index (κ2) is 3.59. The Morgan fingerprint density at radius 2 is 2.19 bits per heavy atom. The summed E-state index contributed by atoms with van der Waals surface area (Å²) in [7, 11) is 0. The van der Waals surface area contributed by atoms with Crippen LogP contribution in [0.3, 0.4) is 0 Å². The molecule has 0 aliphatic heterocycles. The number of aromatic nitrogens is 1. The van der Waals surface area contributed by atoms with E-state index >= 15 is 0 Å². The van der Waals surface area contributed by atoms with Gasteiger partial charge in [0.1, 0.15) is 10.9 Å². The summed E-state index contributed by atoms with van der Waals surface area (Å²) < 4.78 is 5.95. The maximum atomic E-state index is 11.1. The smallest absolute Gasteiger partial charge is 0.316 e. The van der Waals surface area contributed by atoms with Crippen LogP contribution in [-0.4, -0.2) is 16.2 Å². The molecule has 2 aromatic rings. The quantitative estimate of drug-likeness (QED) is 0.920. The number of carboxylic acids is 1. The fraction of sp³-hybridized carbons (Fsp3) is 0.273. The Hall–Kier alpha value is -1.36. The predicted octanol–water partition coefficient (Wildman–Crippen LogP) is 2.95. The molecule has 0 atom stereocenters. The second-order valence-electron chi connectivity index (χ2n) is 4.08. The van der Waals surface area contributed by atoms with Gasteiger partial charge in [-0.15, -0.1) is 0 Å². The summed E-state index contributed by atoms with van der Waals surface area (Å²) in [5.41, 5.74) is -0.443. The van der Waals surface area contributed by atoms with Crippen molar-refractivity contribution in [3.05, 3.63) is 28.4 Å². The Labute approximate surface area is 100 Å². The van der Waals surface area contributed by atoms with Gasteiger partial charge in [0, 0.05) is 9.86 Å². The summed E-state index contributed by atoms with van der Waals surface area (Å²) in [5.74, 6) is -0.568. The van der Waals surface area contributed by atoms with Gasteiger partial charge >= 0.3 is 5.97 Å². The molecule has 1 heterocycles. The highest BCUT2D eigenvalue weighted by Gasteiger charge is 2.35. The molecule has 0 unspecified atom stereocenters. The minimum absolute atomic E-state index is 0.372. The van der Waals surface area contributed by atoms with Crippen LogP contribution in [0.5, 0.6) is 0 Å². The van der Waals surface area contributed by atoms with E-state index in [1.54, 1.807) is 19.9 Å². The van der Waals surface area contributed by atoms with E-state index in [1.807, 2.05) is 12.1 Å². The van der Waals surface area contributed by atoms with Gasteiger partial charge in [0.25, 0.3) is 0 Å². The third-order valence-corrected chi connectivity index (χ3v) is 3.20. The lowest BCUT2D eigenvalue weighted by Gasteiger charge is -2.15. The normalized spacial score (nSPS) is 11.9. The highest BCUT2D eigenvalue weighted by atomic mass is 79.9. The summed E-state index contributed by atoms with van der Waals surface area (Å²) in [6, 6.07) is 5.46. The standard InChI is InChI=1S/C11H10BrNO3/c1-11(2,10(14)15)9-6-4-3-5-7(12)8(6)13-16-9/h3-5H,1-2H3,(H,14,15). The van der Waals surface area contributed by atoms with E-state index in [1.165, 1.54) is 0 Å². The first-order valence-corrected chi connectivity index (χ1v) is 5.51. The Morgan fingerprint density at radius 1 is 1.50 bits per heavy atom. The third kappa shape index (κ3) is 1.51. The minimum atomic E-state index is -1.09. The van der Waals surface area contributed by atoms with Crippen molar-refractivity contribution in [1.82, 2.24) is 5.16 Å². The Morgan fingerprint density at radius 3 is 2.81 bits per heavy atom. The van der Waals surface area contributed by atoms with Crippen molar-refractivity contribution in [3.63, 3.8) is 0 Å². The first kappa shape index (κ1) is 11.1. The van der Waals surface area contributed by atoms with Crippen molar-refractivity contribution in [2.24, 2.45) is 0 Å². The minimum Gasteiger partial charge on any atom is -0.481 e. The fourth-order valence-electron chi connectivity index (χ4n) is 1.48. The number of carboxylic acid groups (broad SMARTS) is 1. The number of halogens is 1. The van der Waals surface area contributed by atoms with E-state index < -0.39 is 11.4 Å². The number of hydrogen-bond donors (Lipinski definition) is 1. The first-order valence-electron chi connectivity index (χ1n) is 4.72. The summed E-state index contributed by atoms with van der Waals surface area (Å²) in [4.78, 5) is 11.1. The van der Waals surface area contributed by atoms with Crippen LogP contribution in [-0.2, 0) is 10.2 Å². The number of nitrogens with zero attached hydrogens (tertiary/aromatic N) is 1. The van der Waals surface area contributed by atoms with Crippen molar-refractivity contribution in [2.45, 2.75) is 19.3 Å². The van der Waals surface area contributed by atoms with E-state index in [0.29, 0.717) is 11.3 Å². The zero-order valence-corrected chi connectivity index (χ0v) is 10.4. The van der Waals surface area contributed by atoms with Crippen LogP contribution in [0.2, 0.25) is 0 Å².